The predicted octanol–water partition coefficient (Wildman–Crippen LogP) is 2.96. The molecule has 1 aromatic heterocycles. The summed E-state index contributed by atoms with van der Waals surface area (Å²) in [7, 11) is 0. The Morgan fingerprint density at radius 2 is 2.10 bits per heavy atom. The van der Waals surface area contributed by atoms with Gasteiger partial charge in [-0.25, -0.2) is 9.78 Å². The summed E-state index contributed by atoms with van der Waals surface area (Å²) in [4.78, 5) is 16.2. The highest BCUT2D eigenvalue weighted by Gasteiger charge is 2.34. The molecule has 2 rings (SSSR count). The van der Waals surface area contributed by atoms with E-state index in [0.717, 1.165) is 11.6 Å². The van der Waals surface area contributed by atoms with Gasteiger partial charge in [0, 0.05) is 13.1 Å². The number of halogens is 3. The van der Waals surface area contributed by atoms with Crippen molar-refractivity contribution in [3.63, 3.8) is 0 Å². The van der Waals surface area contributed by atoms with E-state index in [-0.39, 0.29) is 11.4 Å². The van der Waals surface area contributed by atoms with Gasteiger partial charge in [0.2, 0.25) is 0 Å². The Morgan fingerprint density at radius 3 is 2.60 bits per heavy atom. The van der Waals surface area contributed by atoms with Crippen LogP contribution in [0.25, 0.3) is 0 Å². The highest BCUT2D eigenvalue weighted by Crippen LogP contribution is 2.31. The third-order valence-electron chi connectivity index (χ3n) is 3.13. The van der Waals surface area contributed by atoms with Gasteiger partial charge in [0.15, 0.2) is 0 Å². The van der Waals surface area contributed by atoms with Crippen LogP contribution >= 0.6 is 0 Å². The number of alkyl halides is 3. The first-order valence-electron chi connectivity index (χ1n) is 6.01. The smallest absolute Gasteiger partial charge is 0.433 e. The number of aromatic nitrogens is 1. The molecule has 1 aliphatic heterocycles. The zero-order valence-corrected chi connectivity index (χ0v) is 10.7. The summed E-state index contributed by atoms with van der Waals surface area (Å²) in [5.41, 5.74) is -0.167. The molecule has 0 fully saturated rings. The molecule has 20 heavy (non-hydrogen) atoms. The summed E-state index contributed by atoms with van der Waals surface area (Å²) in [5.74, 6) is -1.41. The molecule has 4 nitrogen and oxygen atoms in total. The van der Waals surface area contributed by atoms with Crippen LogP contribution < -0.4 is 4.90 Å². The maximum atomic E-state index is 12.7. The summed E-state index contributed by atoms with van der Waals surface area (Å²) in [6.07, 6.45) is -2.05. The van der Waals surface area contributed by atoms with Crippen molar-refractivity contribution in [3.05, 3.63) is 35.0 Å². The van der Waals surface area contributed by atoms with Crippen molar-refractivity contribution in [2.24, 2.45) is 0 Å². The van der Waals surface area contributed by atoms with Crippen molar-refractivity contribution < 1.29 is 23.1 Å². The second-order valence-corrected chi connectivity index (χ2v) is 4.62. The topological polar surface area (TPSA) is 53.4 Å². The molecule has 0 spiro atoms. The van der Waals surface area contributed by atoms with Gasteiger partial charge in [0.25, 0.3) is 0 Å². The van der Waals surface area contributed by atoms with Gasteiger partial charge in [0.05, 0.1) is 0 Å². The normalized spacial score (nSPS) is 16.0. The predicted molar refractivity (Wildman–Crippen MR) is 66.8 cm³/mol. The summed E-state index contributed by atoms with van der Waals surface area (Å²) in [6.45, 7) is 2.74. The Kier molecular flexibility index (Phi) is 3.69. The Balaban J connectivity index is 2.45. The zero-order chi connectivity index (χ0) is 14.9. The quantitative estimate of drug-likeness (QED) is 0.849. The number of carboxylic acid groups (broad SMARTS) is 1. The third kappa shape index (κ3) is 2.92. The van der Waals surface area contributed by atoms with Crippen molar-refractivity contribution in [2.45, 2.75) is 19.5 Å². The molecule has 0 bridgehead atoms. The summed E-state index contributed by atoms with van der Waals surface area (Å²) in [6, 6.07) is 1.65. The van der Waals surface area contributed by atoms with E-state index < -0.39 is 17.8 Å². The van der Waals surface area contributed by atoms with Crippen LogP contribution in [-0.4, -0.2) is 29.1 Å². The van der Waals surface area contributed by atoms with E-state index >= 15 is 0 Å². The zero-order valence-electron chi connectivity index (χ0n) is 10.7. The summed E-state index contributed by atoms with van der Waals surface area (Å²) in [5, 5.41) is 9.08. The van der Waals surface area contributed by atoms with E-state index in [1.165, 1.54) is 0 Å². The molecule has 0 saturated carbocycles. The van der Waals surface area contributed by atoms with Crippen molar-refractivity contribution in [1.82, 2.24) is 4.98 Å². The van der Waals surface area contributed by atoms with Gasteiger partial charge in [-0.3, -0.25) is 0 Å². The number of hydrogen-bond acceptors (Lipinski definition) is 3. The van der Waals surface area contributed by atoms with E-state index in [1.807, 2.05) is 13.0 Å². The molecule has 0 aromatic carbocycles. The number of carboxylic acids is 1. The summed E-state index contributed by atoms with van der Waals surface area (Å²) >= 11 is 0. The largest absolute Gasteiger partial charge is 0.478 e. The molecule has 0 aliphatic carbocycles. The van der Waals surface area contributed by atoms with Gasteiger partial charge in [0.1, 0.15) is 17.1 Å². The molecular weight excluding hydrogens is 273 g/mol. The van der Waals surface area contributed by atoms with Crippen LogP contribution in [0.5, 0.6) is 0 Å². The Morgan fingerprint density at radius 1 is 1.40 bits per heavy atom. The molecule has 1 aromatic rings. The Hall–Kier alpha value is -2.05. The molecule has 0 radical (unpaired) electrons. The highest BCUT2D eigenvalue weighted by molar-refractivity contribution is 5.93. The van der Waals surface area contributed by atoms with E-state index in [2.05, 4.69) is 4.98 Å². The standard InChI is InChI=1S/C13H13F3N2O2/c1-8-4-6-18(7-5-8)11-9(12(19)20)2-3-10(17-11)13(14,15)16/h2-4H,5-7H2,1H3,(H,19,20). The second-order valence-electron chi connectivity index (χ2n) is 4.62. The fourth-order valence-electron chi connectivity index (χ4n) is 1.98. The monoisotopic (exact) mass is 286 g/mol. The van der Waals surface area contributed by atoms with Crippen LogP contribution in [0.2, 0.25) is 0 Å². The third-order valence-corrected chi connectivity index (χ3v) is 3.13. The Labute approximate surface area is 113 Å². The fraction of sp³-hybridized carbons (Fsp3) is 0.385. The summed E-state index contributed by atoms with van der Waals surface area (Å²) < 4.78 is 38.1. The maximum absolute atomic E-state index is 12.7. The molecule has 0 saturated heterocycles. The average Bonchev–Trinajstić information content (AvgIpc) is 2.37. The van der Waals surface area contributed by atoms with Crippen molar-refractivity contribution in [3.8, 4) is 0 Å². The minimum Gasteiger partial charge on any atom is -0.478 e. The van der Waals surface area contributed by atoms with Gasteiger partial charge in [-0.1, -0.05) is 11.6 Å². The van der Waals surface area contributed by atoms with Crippen molar-refractivity contribution in [1.29, 1.82) is 0 Å². The molecule has 1 aliphatic rings. The Bertz CT molecular complexity index is 567. The molecule has 0 atom stereocenters. The van der Waals surface area contributed by atoms with Crippen LogP contribution in [0.4, 0.5) is 19.0 Å². The van der Waals surface area contributed by atoms with E-state index in [9.17, 15) is 18.0 Å². The van der Waals surface area contributed by atoms with Crippen LogP contribution in [0.3, 0.4) is 0 Å². The van der Waals surface area contributed by atoms with Crippen LogP contribution in [-0.2, 0) is 6.18 Å². The number of carbonyl (C=O) groups is 1. The first-order chi connectivity index (χ1) is 9.29. The molecule has 7 heteroatoms. The minimum atomic E-state index is -4.59. The maximum Gasteiger partial charge on any atom is 0.433 e. The lowest BCUT2D eigenvalue weighted by molar-refractivity contribution is -0.141. The first kappa shape index (κ1) is 14.4. The number of pyridine rings is 1. The number of nitrogens with zero attached hydrogens (tertiary/aromatic N) is 2. The molecule has 0 amide bonds. The molecule has 2 heterocycles. The fourth-order valence-corrected chi connectivity index (χ4v) is 1.98. The van der Waals surface area contributed by atoms with Crippen LogP contribution in [0, 0.1) is 0 Å². The van der Waals surface area contributed by atoms with Crippen LogP contribution in [0.1, 0.15) is 29.4 Å². The highest BCUT2D eigenvalue weighted by atomic mass is 19.4. The molecule has 1 N–H and O–H groups in total. The SMILES string of the molecule is CC1=CCN(c2nc(C(F)(F)F)ccc2C(=O)O)CC1. The number of anilines is 1. The minimum absolute atomic E-state index is 0.129. The van der Waals surface area contributed by atoms with Crippen molar-refractivity contribution >= 4 is 11.8 Å². The second kappa shape index (κ2) is 5.15. The van der Waals surface area contributed by atoms with Gasteiger partial charge < -0.3 is 10.0 Å². The lowest BCUT2D eigenvalue weighted by atomic mass is 10.1. The number of rotatable bonds is 2. The lowest BCUT2D eigenvalue weighted by Gasteiger charge is -2.28. The van der Waals surface area contributed by atoms with Gasteiger partial charge >= 0.3 is 12.1 Å². The van der Waals surface area contributed by atoms with E-state index in [4.69, 9.17) is 5.11 Å². The molecule has 0 unspecified atom stereocenters. The average molecular weight is 286 g/mol. The lowest BCUT2D eigenvalue weighted by Crippen LogP contribution is -2.31. The van der Waals surface area contributed by atoms with Gasteiger partial charge in [-0.05, 0) is 25.5 Å². The van der Waals surface area contributed by atoms with E-state index in [0.29, 0.717) is 25.6 Å². The van der Waals surface area contributed by atoms with Crippen molar-refractivity contribution in [2.75, 3.05) is 18.0 Å². The number of hydrogen-bond donors (Lipinski definition) is 1. The first-order valence-corrected chi connectivity index (χ1v) is 6.01. The molecular formula is C13H13F3N2O2. The number of aromatic carboxylic acids is 1. The van der Waals surface area contributed by atoms with Gasteiger partial charge in [-0.15, -0.1) is 0 Å². The van der Waals surface area contributed by atoms with Crippen LogP contribution in [0.15, 0.2) is 23.8 Å². The van der Waals surface area contributed by atoms with E-state index in [1.54, 1.807) is 4.90 Å². The molecule has 108 valence electrons. The van der Waals surface area contributed by atoms with Gasteiger partial charge in [-0.2, -0.15) is 13.2 Å².